The molecule has 0 saturated carbocycles. The Hall–Kier alpha value is -0.860. The molecule has 0 aromatic heterocycles. The number of carbonyl (C=O) groups excluding carboxylic acids is 2. The van der Waals surface area contributed by atoms with Gasteiger partial charge in [0.2, 0.25) is 0 Å². The van der Waals surface area contributed by atoms with Gasteiger partial charge >= 0.3 is 11.9 Å². The van der Waals surface area contributed by atoms with Gasteiger partial charge in [-0.15, -0.1) is 0 Å². The maximum absolute atomic E-state index is 11.6. The van der Waals surface area contributed by atoms with Crippen molar-refractivity contribution in [2.75, 3.05) is 0 Å². The zero-order chi connectivity index (χ0) is 13.4. The van der Waals surface area contributed by atoms with Crippen molar-refractivity contribution in [3.05, 3.63) is 0 Å². The van der Waals surface area contributed by atoms with Crippen LogP contribution in [0.25, 0.3) is 0 Å². The molecule has 0 fully saturated rings. The van der Waals surface area contributed by atoms with Gasteiger partial charge in [-0.2, -0.15) is 0 Å². The molecular weight excluding hydrogens is 216 g/mol. The van der Waals surface area contributed by atoms with Gasteiger partial charge in [0.25, 0.3) is 0 Å². The minimum Gasteiger partial charge on any atom is -0.393 e. The summed E-state index contributed by atoms with van der Waals surface area (Å²) in [6, 6.07) is 0. The normalized spacial score (nSPS) is 14.5. The average molecular weight is 242 g/mol. The van der Waals surface area contributed by atoms with Crippen LogP contribution in [0.1, 0.15) is 60.3 Å². The Labute approximate surface area is 105 Å². The summed E-state index contributed by atoms with van der Waals surface area (Å²) in [4.78, 5) is 23.2. The van der Waals surface area contributed by atoms with Crippen molar-refractivity contribution in [2.24, 2.45) is 17.8 Å². The Morgan fingerprint density at radius 2 is 1.35 bits per heavy atom. The minimum atomic E-state index is -0.381. The van der Waals surface area contributed by atoms with Gasteiger partial charge in [-0.05, 0) is 18.8 Å². The van der Waals surface area contributed by atoms with Crippen molar-refractivity contribution in [1.29, 1.82) is 0 Å². The molecule has 0 rings (SSSR count). The van der Waals surface area contributed by atoms with Gasteiger partial charge < -0.3 is 4.74 Å². The van der Waals surface area contributed by atoms with Gasteiger partial charge in [-0.25, -0.2) is 0 Å². The molecule has 0 aromatic carbocycles. The van der Waals surface area contributed by atoms with E-state index in [1.165, 1.54) is 0 Å². The van der Waals surface area contributed by atoms with E-state index in [0.717, 1.165) is 25.7 Å². The third-order valence-electron chi connectivity index (χ3n) is 2.90. The monoisotopic (exact) mass is 242 g/mol. The third-order valence-corrected chi connectivity index (χ3v) is 2.90. The molecule has 17 heavy (non-hydrogen) atoms. The number of rotatable bonds is 7. The van der Waals surface area contributed by atoms with E-state index in [-0.39, 0.29) is 23.8 Å². The first-order valence-electron chi connectivity index (χ1n) is 6.64. The van der Waals surface area contributed by atoms with Crippen LogP contribution < -0.4 is 0 Å². The van der Waals surface area contributed by atoms with Crippen LogP contribution in [0.2, 0.25) is 0 Å². The maximum atomic E-state index is 11.6. The van der Waals surface area contributed by atoms with Gasteiger partial charge in [0.1, 0.15) is 0 Å². The third kappa shape index (κ3) is 7.14. The molecule has 2 unspecified atom stereocenters. The number of hydrogen-bond acceptors (Lipinski definition) is 3. The van der Waals surface area contributed by atoms with Gasteiger partial charge in [-0.1, -0.05) is 47.5 Å². The highest BCUT2D eigenvalue weighted by Gasteiger charge is 2.21. The van der Waals surface area contributed by atoms with Crippen LogP contribution in [0, 0.1) is 17.8 Å². The smallest absolute Gasteiger partial charge is 0.316 e. The van der Waals surface area contributed by atoms with E-state index in [4.69, 9.17) is 4.74 Å². The van der Waals surface area contributed by atoms with E-state index in [1.807, 2.05) is 13.8 Å². The first-order chi connectivity index (χ1) is 7.88. The standard InChI is InChI=1S/C14H26O3/c1-6-7-11(4)13(15)17-14(16)12(5)9-8-10(2)3/h10-12H,6-9H2,1-5H3. The molecule has 0 N–H and O–H groups in total. The molecule has 2 atom stereocenters. The lowest BCUT2D eigenvalue weighted by atomic mass is 9.99. The molecule has 0 bridgehead atoms. The van der Waals surface area contributed by atoms with Gasteiger partial charge in [0, 0.05) is 0 Å². The number of hydrogen-bond donors (Lipinski definition) is 0. The SMILES string of the molecule is CCCC(C)C(=O)OC(=O)C(C)CCC(C)C. The Balaban J connectivity index is 4.02. The van der Waals surface area contributed by atoms with Crippen molar-refractivity contribution < 1.29 is 14.3 Å². The highest BCUT2D eigenvalue weighted by Crippen LogP contribution is 2.15. The fraction of sp³-hybridized carbons (Fsp3) is 0.857. The predicted molar refractivity (Wildman–Crippen MR) is 68.4 cm³/mol. The largest absolute Gasteiger partial charge is 0.393 e. The van der Waals surface area contributed by atoms with Crippen LogP contribution >= 0.6 is 0 Å². The van der Waals surface area contributed by atoms with Gasteiger partial charge in [0.05, 0.1) is 11.8 Å². The summed E-state index contributed by atoms with van der Waals surface area (Å²) >= 11 is 0. The Bertz CT molecular complexity index is 246. The maximum Gasteiger partial charge on any atom is 0.316 e. The van der Waals surface area contributed by atoms with E-state index in [9.17, 15) is 9.59 Å². The molecule has 0 radical (unpaired) electrons. The Kier molecular flexibility index (Phi) is 7.85. The summed E-state index contributed by atoms with van der Waals surface area (Å²) in [5.41, 5.74) is 0. The molecule has 100 valence electrons. The molecule has 0 amide bonds. The van der Waals surface area contributed by atoms with E-state index < -0.39 is 0 Å². The summed E-state index contributed by atoms with van der Waals surface area (Å²) in [6.45, 7) is 9.87. The van der Waals surface area contributed by atoms with Crippen molar-refractivity contribution in [1.82, 2.24) is 0 Å². The highest BCUT2D eigenvalue weighted by molar-refractivity contribution is 5.87. The summed E-state index contributed by atoms with van der Waals surface area (Å²) < 4.78 is 4.88. The van der Waals surface area contributed by atoms with Crippen LogP contribution in [-0.4, -0.2) is 11.9 Å². The molecule has 3 nitrogen and oxygen atoms in total. The fourth-order valence-corrected chi connectivity index (χ4v) is 1.55. The van der Waals surface area contributed by atoms with Crippen molar-refractivity contribution in [3.63, 3.8) is 0 Å². The van der Waals surface area contributed by atoms with Crippen LogP contribution in [0.3, 0.4) is 0 Å². The summed E-state index contributed by atoms with van der Waals surface area (Å²) in [6.07, 6.45) is 3.46. The molecule has 0 saturated heterocycles. The van der Waals surface area contributed by atoms with Gasteiger partial charge in [-0.3, -0.25) is 9.59 Å². The van der Waals surface area contributed by atoms with Crippen LogP contribution in [0.4, 0.5) is 0 Å². The second-order valence-corrected chi connectivity index (χ2v) is 5.30. The predicted octanol–water partition coefficient (Wildman–Crippen LogP) is 3.56. The topological polar surface area (TPSA) is 43.4 Å². The lowest BCUT2D eigenvalue weighted by Crippen LogP contribution is -2.23. The lowest BCUT2D eigenvalue weighted by molar-refractivity contribution is -0.165. The summed E-state index contributed by atoms with van der Waals surface area (Å²) in [5, 5.41) is 0. The van der Waals surface area contributed by atoms with Gasteiger partial charge in [0.15, 0.2) is 0 Å². The van der Waals surface area contributed by atoms with Crippen molar-refractivity contribution in [2.45, 2.75) is 60.3 Å². The van der Waals surface area contributed by atoms with Crippen LogP contribution in [0.5, 0.6) is 0 Å². The summed E-state index contributed by atoms with van der Waals surface area (Å²) in [7, 11) is 0. The van der Waals surface area contributed by atoms with Crippen molar-refractivity contribution in [3.8, 4) is 0 Å². The molecule has 0 aliphatic rings. The number of carbonyl (C=O) groups is 2. The second-order valence-electron chi connectivity index (χ2n) is 5.30. The van der Waals surface area contributed by atoms with E-state index in [1.54, 1.807) is 6.92 Å². The summed E-state index contributed by atoms with van der Waals surface area (Å²) in [5.74, 6) is -0.553. The first kappa shape index (κ1) is 16.1. The molecule has 0 heterocycles. The number of esters is 2. The van der Waals surface area contributed by atoms with E-state index in [0.29, 0.717) is 5.92 Å². The molecule has 0 spiro atoms. The van der Waals surface area contributed by atoms with Crippen molar-refractivity contribution >= 4 is 11.9 Å². The second kappa shape index (κ2) is 8.26. The van der Waals surface area contributed by atoms with E-state index in [2.05, 4.69) is 13.8 Å². The number of ether oxygens (including phenoxy) is 1. The quantitative estimate of drug-likeness (QED) is 0.506. The molecule has 0 aromatic rings. The minimum absolute atomic E-state index is 0.179. The molecule has 3 heteroatoms. The average Bonchev–Trinajstić information content (AvgIpc) is 2.25. The fourth-order valence-electron chi connectivity index (χ4n) is 1.55. The first-order valence-corrected chi connectivity index (χ1v) is 6.64. The van der Waals surface area contributed by atoms with Crippen LogP contribution in [0.15, 0.2) is 0 Å². The van der Waals surface area contributed by atoms with E-state index >= 15 is 0 Å². The molecule has 0 aliphatic carbocycles. The molecule has 0 aliphatic heterocycles. The Morgan fingerprint density at radius 3 is 1.76 bits per heavy atom. The highest BCUT2D eigenvalue weighted by atomic mass is 16.6. The Morgan fingerprint density at radius 1 is 0.882 bits per heavy atom. The van der Waals surface area contributed by atoms with Crippen LogP contribution in [-0.2, 0) is 14.3 Å². The zero-order valence-corrected chi connectivity index (χ0v) is 11.8. The lowest BCUT2D eigenvalue weighted by Gasteiger charge is -2.13. The zero-order valence-electron chi connectivity index (χ0n) is 11.8. The molecular formula is C14H26O3.